The van der Waals surface area contributed by atoms with Crippen molar-refractivity contribution < 1.29 is 32.3 Å². The lowest BCUT2D eigenvalue weighted by Gasteiger charge is -2.13. The lowest BCUT2D eigenvalue weighted by Crippen LogP contribution is -2.20. The fraction of sp³-hybridized carbons (Fsp3) is 0.0400. The van der Waals surface area contributed by atoms with Gasteiger partial charge in [0.1, 0.15) is 16.5 Å². The number of thiazole rings is 1. The molecule has 0 radical (unpaired) electrons. The number of rotatable bonds is 4. The number of carboxylic acids is 1. The van der Waals surface area contributed by atoms with Gasteiger partial charge < -0.3 is 5.11 Å². The van der Waals surface area contributed by atoms with Crippen LogP contribution in [-0.4, -0.2) is 31.7 Å². The zero-order valence-corrected chi connectivity index (χ0v) is 19.8. The molecule has 0 bridgehead atoms. The molecule has 0 amide bonds. The zero-order valence-electron chi connectivity index (χ0n) is 18.3. The van der Waals surface area contributed by atoms with Gasteiger partial charge in [-0.05, 0) is 42.5 Å². The summed E-state index contributed by atoms with van der Waals surface area (Å²) < 4.78 is 57.0. The van der Waals surface area contributed by atoms with Crippen LogP contribution in [0.25, 0.3) is 32.7 Å². The Balaban J connectivity index is 1.78. The second-order valence-corrected chi connectivity index (χ2v) is 9.10. The Morgan fingerprint density at radius 2 is 1.84 bits per heavy atom. The number of carbonyl (C=O) groups excluding carboxylic acids is 1. The Labute approximate surface area is 214 Å². The number of hydrogen-bond acceptors (Lipinski definition) is 5. The van der Waals surface area contributed by atoms with Crippen LogP contribution in [-0.2, 0) is 6.18 Å². The van der Waals surface area contributed by atoms with Gasteiger partial charge in [-0.3, -0.25) is 4.79 Å². The molecular weight excluding hydrogens is 534 g/mol. The van der Waals surface area contributed by atoms with E-state index in [0.29, 0.717) is 10.6 Å². The van der Waals surface area contributed by atoms with Crippen molar-refractivity contribution in [3.63, 3.8) is 0 Å². The molecule has 2 heterocycles. The van der Waals surface area contributed by atoms with E-state index < -0.39 is 40.0 Å². The first-order valence-corrected chi connectivity index (χ1v) is 11.7. The van der Waals surface area contributed by atoms with E-state index in [2.05, 4.69) is 10.1 Å². The number of alkyl halides is 3. The van der Waals surface area contributed by atoms with Gasteiger partial charge in [-0.2, -0.15) is 23.0 Å². The number of carbonyl (C=O) groups is 2. The minimum absolute atomic E-state index is 0.0657. The normalized spacial score (nSPS) is 11.7. The van der Waals surface area contributed by atoms with Crippen LogP contribution in [0.1, 0.15) is 26.3 Å². The number of fused-ring (bicyclic) bond motifs is 1. The van der Waals surface area contributed by atoms with Gasteiger partial charge in [0.25, 0.3) is 5.91 Å². The van der Waals surface area contributed by atoms with E-state index in [9.17, 15) is 27.2 Å². The Hall–Kier alpha value is -4.09. The van der Waals surface area contributed by atoms with Crippen molar-refractivity contribution in [2.45, 2.75) is 6.18 Å². The fourth-order valence-corrected chi connectivity index (χ4v) is 4.78. The summed E-state index contributed by atoms with van der Waals surface area (Å²) in [5.41, 5.74) is -1.93. The molecule has 0 saturated carbocycles. The van der Waals surface area contributed by atoms with Crippen molar-refractivity contribution in [2.24, 2.45) is 0 Å². The number of aromatic nitrogens is 3. The molecule has 0 aliphatic rings. The summed E-state index contributed by atoms with van der Waals surface area (Å²) in [6, 6.07) is 10.8. The summed E-state index contributed by atoms with van der Waals surface area (Å²) >= 11 is 7.36. The average Bonchev–Trinajstić information content (AvgIpc) is 3.51. The third kappa shape index (κ3) is 4.36. The summed E-state index contributed by atoms with van der Waals surface area (Å²) in [4.78, 5) is 29.0. The van der Waals surface area contributed by atoms with Gasteiger partial charge in [0.15, 0.2) is 0 Å². The first-order valence-electron chi connectivity index (χ1n) is 10.4. The molecule has 0 spiro atoms. The number of hydrogen-bond donors (Lipinski definition) is 1. The Morgan fingerprint density at radius 1 is 1.05 bits per heavy atom. The maximum absolute atomic E-state index is 15.0. The van der Waals surface area contributed by atoms with Crippen LogP contribution in [0, 0.1) is 5.82 Å². The van der Waals surface area contributed by atoms with Crippen LogP contribution in [0.3, 0.4) is 0 Å². The SMILES string of the molecule is O=C(O)c1ccc(-c2nn(C(=O)c3c(Cl)cccc3C(F)(F)F)c3cc(-c4nccs4)ccc23)c(F)c1. The van der Waals surface area contributed by atoms with E-state index in [1.54, 1.807) is 23.7 Å². The number of carboxylic acid groups (broad SMARTS) is 1. The van der Waals surface area contributed by atoms with E-state index in [0.717, 1.165) is 35.0 Å². The van der Waals surface area contributed by atoms with Gasteiger partial charge in [0.05, 0.1) is 27.2 Å². The molecule has 1 N–H and O–H groups in total. The van der Waals surface area contributed by atoms with Crippen LogP contribution in [0.15, 0.2) is 66.2 Å². The molecule has 2 aromatic heterocycles. The van der Waals surface area contributed by atoms with Gasteiger partial charge in [-0.15, -0.1) is 11.3 Å². The van der Waals surface area contributed by atoms with Gasteiger partial charge in [0, 0.05) is 28.1 Å². The van der Waals surface area contributed by atoms with Crippen molar-refractivity contribution in [1.82, 2.24) is 14.8 Å². The molecule has 0 atom stereocenters. The standard InChI is InChI=1S/C25H12ClF4N3O3S/c26-17-3-1-2-16(25(28,29)30)20(17)23(34)33-19-11-12(22-31-8-9-37-22)4-7-15(19)21(32-33)14-6-5-13(24(35)36)10-18(14)27/h1-11H,(H,35,36). The van der Waals surface area contributed by atoms with Crippen molar-refractivity contribution in [1.29, 1.82) is 0 Å². The van der Waals surface area contributed by atoms with E-state index >= 15 is 0 Å². The zero-order chi connectivity index (χ0) is 26.5. The maximum atomic E-state index is 15.0. The third-order valence-electron chi connectivity index (χ3n) is 5.56. The average molecular weight is 546 g/mol. The highest BCUT2D eigenvalue weighted by molar-refractivity contribution is 7.13. The van der Waals surface area contributed by atoms with Crippen molar-refractivity contribution in [3.8, 4) is 21.8 Å². The van der Waals surface area contributed by atoms with Crippen LogP contribution in [0.2, 0.25) is 5.02 Å². The van der Waals surface area contributed by atoms with Gasteiger partial charge in [-0.1, -0.05) is 23.7 Å². The minimum atomic E-state index is -4.88. The largest absolute Gasteiger partial charge is 0.478 e. The first kappa shape index (κ1) is 24.6. The molecule has 12 heteroatoms. The molecule has 0 aliphatic heterocycles. The molecule has 5 aromatic rings. The summed E-state index contributed by atoms with van der Waals surface area (Å²) in [7, 11) is 0. The predicted octanol–water partition coefficient (Wildman–Crippen LogP) is 7.02. The highest BCUT2D eigenvalue weighted by Gasteiger charge is 2.37. The molecule has 3 aromatic carbocycles. The quantitative estimate of drug-likeness (QED) is 0.245. The predicted molar refractivity (Wildman–Crippen MR) is 129 cm³/mol. The number of nitrogens with zero attached hydrogens (tertiary/aromatic N) is 3. The topological polar surface area (TPSA) is 85.1 Å². The van der Waals surface area contributed by atoms with Gasteiger partial charge in [-0.25, -0.2) is 14.2 Å². The molecule has 0 saturated heterocycles. The second kappa shape index (κ2) is 9.09. The fourth-order valence-electron chi connectivity index (χ4n) is 3.89. The monoisotopic (exact) mass is 545 g/mol. The smallest absolute Gasteiger partial charge is 0.417 e. The van der Waals surface area contributed by atoms with Gasteiger partial charge in [0.2, 0.25) is 0 Å². The number of benzene rings is 3. The first-order chi connectivity index (χ1) is 17.6. The Kier molecular flexibility index (Phi) is 6.04. The molecule has 37 heavy (non-hydrogen) atoms. The van der Waals surface area contributed by atoms with E-state index in [4.69, 9.17) is 16.7 Å². The Morgan fingerprint density at radius 3 is 2.49 bits per heavy atom. The second-order valence-electron chi connectivity index (χ2n) is 7.79. The summed E-state index contributed by atoms with van der Waals surface area (Å²) in [5, 5.41) is 15.5. The highest BCUT2D eigenvalue weighted by Crippen LogP contribution is 2.38. The molecule has 0 unspecified atom stereocenters. The van der Waals surface area contributed by atoms with E-state index in [1.807, 2.05) is 0 Å². The summed E-state index contributed by atoms with van der Waals surface area (Å²) in [6.45, 7) is 0. The minimum Gasteiger partial charge on any atom is -0.478 e. The van der Waals surface area contributed by atoms with E-state index in [-0.39, 0.29) is 27.7 Å². The number of halogens is 5. The van der Waals surface area contributed by atoms with Crippen LogP contribution >= 0.6 is 22.9 Å². The van der Waals surface area contributed by atoms with Crippen molar-refractivity contribution in [2.75, 3.05) is 0 Å². The molecule has 0 aliphatic carbocycles. The van der Waals surface area contributed by atoms with Crippen LogP contribution in [0.4, 0.5) is 17.6 Å². The molecular formula is C25H12ClF4N3O3S. The molecule has 5 rings (SSSR count). The van der Waals surface area contributed by atoms with E-state index in [1.165, 1.54) is 23.5 Å². The maximum Gasteiger partial charge on any atom is 0.417 e. The van der Waals surface area contributed by atoms with Crippen molar-refractivity contribution in [3.05, 3.63) is 93.7 Å². The van der Waals surface area contributed by atoms with Gasteiger partial charge >= 0.3 is 12.1 Å². The van der Waals surface area contributed by atoms with Crippen LogP contribution in [0.5, 0.6) is 0 Å². The third-order valence-corrected chi connectivity index (χ3v) is 6.69. The molecule has 6 nitrogen and oxygen atoms in total. The summed E-state index contributed by atoms with van der Waals surface area (Å²) in [5.74, 6) is -3.45. The van der Waals surface area contributed by atoms with Crippen LogP contribution < -0.4 is 0 Å². The lowest BCUT2D eigenvalue weighted by atomic mass is 10.0. The van der Waals surface area contributed by atoms with Crippen molar-refractivity contribution >= 4 is 45.7 Å². The highest BCUT2D eigenvalue weighted by atomic mass is 35.5. The molecule has 0 fully saturated rings. The number of aromatic carboxylic acids is 1. The Bertz CT molecular complexity index is 1700. The lowest BCUT2D eigenvalue weighted by molar-refractivity contribution is -0.137. The molecule has 186 valence electrons. The summed E-state index contributed by atoms with van der Waals surface area (Å²) in [6.07, 6.45) is -3.32.